The zero-order valence-electron chi connectivity index (χ0n) is 26.5. The maximum Gasteiger partial charge on any atom is 0.355 e. The van der Waals surface area contributed by atoms with E-state index in [2.05, 4.69) is 10.3 Å². The second-order valence-electron chi connectivity index (χ2n) is 11.6. The highest BCUT2D eigenvalue weighted by Gasteiger charge is 2.39. The lowest BCUT2D eigenvalue weighted by Gasteiger charge is -2.39. The minimum atomic E-state index is -1.20. The summed E-state index contributed by atoms with van der Waals surface area (Å²) >= 11 is 1.06. The van der Waals surface area contributed by atoms with Crippen molar-refractivity contribution in [2.75, 3.05) is 20.3 Å². The molecular formula is C30H48N4O8S. The number of carboxylic acid groups (broad SMARTS) is 1. The fourth-order valence-electron chi connectivity index (χ4n) is 5.13. The van der Waals surface area contributed by atoms with Gasteiger partial charge >= 0.3 is 17.9 Å². The molecule has 1 fully saturated rings. The molecular weight excluding hydrogens is 576 g/mol. The average Bonchev–Trinajstić information content (AvgIpc) is 3.45. The minimum Gasteiger partial charge on any atom is -0.476 e. The molecule has 0 saturated carbocycles. The van der Waals surface area contributed by atoms with E-state index < -0.39 is 42.0 Å². The van der Waals surface area contributed by atoms with Crippen LogP contribution in [-0.2, 0) is 28.7 Å². The Morgan fingerprint density at radius 2 is 1.88 bits per heavy atom. The van der Waals surface area contributed by atoms with E-state index >= 15 is 0 Å². The first kappa shape index (κ1) is 36.1. The van der Waals surface area contributed by atoms with Crippen LogP contribution in [-0.4, -0.2) is 88.1 Å². The van der Waals surface area contributed by atoms with Crippen LogP contribution in [0.5, 0.6) is 0 Å². The monoisotopic (exact) mass is 624 g/mol. The molecule has 0 radical (unpaired) electrons. The van der Waals surface area contributed by atoms with Gasteiger partial charge in [0.15, 0.2) is 18.5 Å². The molecule has 0 bridgehead atoms. The number of piperidine rings is 1. The molecule has 0 aliphatic carbocycles. The van der Waals surface area contributed by atoms with Gasteiger partial charge in [-0.25, -0.2) is 9.78 Å². The lowest BCUT2D eigenvalue weighted by Crippen LogP contribution is -2.59. The number of ether oxygens (including phenoxy) is 2. The van der Waals surface area contributed by atoms with Crippen LogP contribution < -0.4 is 5.32 Å². The summed E-state index contributed by atoms with van der Waals surface area (Å²) in [6, 6.07) is -1.85. The van der Waals surface area contributed by atoms with Crippen LogP contribution in [0.15, 0.2) is 5.38 Å². The third-order valence-electron chi connectivity index (χ3n) is 7.91. The van der Waals surface area contributed by atoms with Crippen molar-refractivity contribution in [1.29, 1.82) is 0 Å². The van der Waals surface area contributed by atoms with E-state index in [9.17, 15) is 29.1 Å². The molecule has 1 saturated heterocycles. The summed E-state index contributed by atoms with van der Waals surface area (Å²) in [5.74, 6) is -3.32. The van der Waals surface area contributed by atoms with Crippen molar-refractivity contribution in [3.8, 4) is 0 Å². The number of likely N-dealkylation sites (tertiary alicyclic amines) is 1. The van der Waals surface area contributed by atoms with Gasteiger partial charge in [0.1, 0.15) is 11.0 Å². The molecule has 1 aromatic rings. The molecule has 12 nitrogen and oxygen atoms in total. The molecule has 0 spiro atoms. The van der Waals surface area contributed by atoms with Crippen molar-refractivity contribution in [2.45, 2.75) is 111 Å². The Morgan fingerprint density at radius 1 is 1.19 bits per heavy atom. The topological polar surface area (TPSA) is 155 Å². The summed E-state index contributed by atoms with van der Waals surface area (Å²) in [6.45, 7) is 11.1. The van der Waals surface area contributed by atoms with Gasteiger partial charge in [0.25, 0.3) is 0 Å². The number of thiazole rings is 1. The molecule has 2 heterocycles. The molecule has 43 heavy (non-hydrogen) atoms. The number of nitrogens with zero attached hydrogens (tertiary/aromatic N) is 3. The van der Waals surface area contributed by atoms with Gasteiger partial charge in [-0.2, -0.15) is 0 Å². The van der Waals surface area contributed by atoms with E-state index in [-0.39, 0.29) is 49.1 Å². The molecule has 0 unspecified atom stereocenters. The van der Waals surface area contributed by atoms with Gasteiger partial charge in [-0.05, 0) is 44.7 Å². The number of carboxylic acids is 1. The Bertz CT molecular complexity index is 1110. The van der Waals surface area contributed by atoms with Crippen LogP contribution in [0.25, 0.3) is 0 Å². The van der Waals surface area contributed by atoms with E-state index in [4.69, 9.17) is 9.47 Å². The van der Waals surface area contributed by atoms with Gasteiger partial charge in [0.2, 0.25) is 11.8 Å². The van der Waals surface area contributed by atoms with Crippen molar-refractivity contribution in [3.63, 3.8) is 0 Å². The van der Waals surface area contributed by atoms with E-state index in [0.717, 1.165) is 30.7 Å². The van der Waals surface area contributed by atoms with Crippen LogP contribution in [0, 0.1) is 11.8 Å². The SMILES string of the molecule is CCCC(=O)O[C@H](C[C@H](C(C)C)N(COC(C)=O)C(=O)[C@@H](NC(=O)[C@H]1CCCCN1C)[C@@H](C)CC)c1nc(C(=O)O)cs1. The van der Waals surface area contributed by atoms with Crippen molar-refractivity contribution in [1.82, 2.24) is 20.1 Å². The first-order chi connectivity index (χ1) is 20.3. The van der Waals surface area contributed by atoms with Gasteiger partial charge in [0.05, 0.1) is 6.04 Å². The molecule has 1 aliphatic heterocycles. The van der Waals surface area contributed by atoms with Gasteiger partial charge in [-0.3, -0.25) is 24.1 Å². The largest absolute Gasteiger partial charge is 0.476 e. The van der Waals surface area contributed by atoms with Crippen molar-refractivity contribution >= 4 is 41.1 Å². The Morgan fingerprint density at radius 3 is 2.42 bits per heavy atom. The Hall–Kier alpha value is -3.06. The summed E-state index contributed by atoms with van der Waals surface area (Å²) in [4.78, 5) is 71.4. The second kappa shape index (κ2) is 17.3. The summed E-state index contributed by atoms with van der Waals surface area (Å²) in [6.07, 6.45) is 3.11. The van der Waals surface area contributed by atoms with Gasteiger partial charge < -0.3 is 24.8 Å². The number of hydrogen-bond acceptors (Lipinski definition) is 10. The summed E-state index contributed by atoms with van der Waals surface area (Å²) < 4.78 is 11.1. The summed E-state index contributed by atoms with van der Waals surface area (Å²) in [5.41, 5.74) is -0.169. The predicted octanol–water partition coefficient (Wildman–Crippen LogP) is 4.00. The molecule has 2 amide bonds. The quantitative estimate of drug-likeness (QED) is 0.204. The van der Waals surface area contributed by atoms with Gasteiger partial charge in [-0.1, -0.05) is 47.5 Å². The highest BCUT2D eigenvalue weighted by atomic mass is 32.1. The molecule has 0 aromatic carbocycles. The Kier molecular flexibility index (Phi) is 14.5. The number of nitrogens with one attached hydrogen (secondary N) is 1. The Labute approximate surface area is 258 Å². The van der Waals surface area contributed by atoms with Crippen molar-refractivity contribution in [2.24, 2.45) is 11.8 Å². The van der Waals surface area contributed by atoms with E-state index in [0.29, 0.717) is 24.3 Å². The number of likely N-dealkylation sites (N-methyl/N-ethyl adjacent to an activating group) is 1. The van der Waals surface area contributed by atoms with Crippen LogP contribution in [0.3, 0.4) is 0 Å². The van der Waals surface area contributed by atoms with Crippen molar-refractivity contribution in [3.05, 3.63) is 16.1 Å². The first-order valence-electron chi connectivity index (χ1n) is 15.1. The molecule has 1 aliphatic rings. The van der Waals surface area contributed by atoms with E-state index in [1.54, 1.807) is 0 Å². The summed E-state index contributed by atoms with van der Waals surface area (Å²) in [5, 5.41) is 14.1. The smallest absolute Gasteiger partial charge is 0.355 e. The first-order valence-corrected chi connectivity index (χ1v) is 16.0. The van der Waals surface area contributed by atoms with E-state index in [1.807, 2.05) is 46.6 Å². The lowest BCUT2D eigenvalue weighted by molar-refractivity contribution is -0.159. The third kappa shape index (κ3) is 10.6. The third-order valence-corrected chi connectivity index (χ3v) is 8.85. The summed E-state index contributed by atoms with van der Waals surface area (Å²) in [7, 11) is 1.90. The number of carbonyl (C=O) groups is 5. The number of aromatic carboxylic acids is 1. The number of carbonyl (C=O) groups excluding carboxylic acids is 4. The second-order valence-corrected chi connectivity index (χ2v) is 12.5. The molecule has 1 aromatic heterocycles. The number of hydrogen-bond donors (Lipinski definition) is 2. The molecule has 242 valence electrons. The van der Waals surface area contributed by atoms with Crippen molar-refractivity contribution < 1.29 is 38.6 Å². The zero-order chi connectivity index (χ0) is 32.3. The molecule has 5 atom stereocenters. The number of aromatic nitrogens is 1. The predicted molar refractivity (Wildman–Crippen MR) is 161 cm³/mol. The van der Waals surface area contributed by atoms with Crippen LogP contribution >= 0.6 is 11.3 Å². The fraction of sp³-hybridized carbons (Fsp3) is 0.733. The molecule has 2 N–H and O–H groups in total. The maximum absolute atomic E-state index is 14.3. The number of esters is 2. The van der Waals surface area contributed by atoms with Gasteiger partial charge in [0, 0.05) is 31.2 Å². The fourth-order valence-corrected chi connectivity index (χ4v) is 5.97. The molecule has 2 rings (SSSR count). The standard InChI is InChI=1S/C30H48N4O8S/c1-8-12-25(36)42-24(28-31-21(16-43-28)30(39)40)15-23(18(3)4)34(17-41-20(6)35)29(38)26(19(5)9-2)32-27(37)22-13-10-11-14-33(22)7/h16,18-19,22-24,26H,8-15,17H2,1-7H3,(H,32,37)(H,39,40)/t19-,22+,23+,24+,26-/m0/s1. The molecule has 13 heteroatoms. The zero-order valence-corrected chi connectivity index (χ0v) is 27.3. The lowest BCUT2D eigenvalue weighted by atomic mass is 9.92. The van der Waals surface area contributed by atoms with Gasteiger partial charge in [-0.15, -0.1) is 11.3 Å². The number of rotatable bonds is 16. The number of amides is 2. The van der Waals surface area contributed by atoms with E-state index in [1.165, 1.54) is 17.2 Å². The normalized spacial score (nSPS) is 18.3. The van der Waals surface area contributed by atoms with Crippen LogP contribution in [0.1, 0.15) is 108 Å². The van der Waals surface area contributed by atoms with Crippen LogP contribution in [0.4, 0.5) is 0 Å². The maximum atomic E-state index is 14.3. The highest BCUT2D eigenvalue weighted by Crippen LogP contribution is 2.32. The minimum absolute atomic E-state index is 0.0826. The van der Waals surface area contributed by atoms with Crippen LogP contribution in [0.2, 0.25) is 0 Å². The Balaban J connectivity index is 2.48. The highest BCUT2D eigenvalue weighted by molar-refractivity contribution is 7.09. The average molecular weight is 625 g/mol.